The molecule has 1 fully saturated rings. The van der Waals surface area contributed by atoms with Crippen LogP contribution >= 0.6 is 0 Å². The Kier molecular flexibility index (Phi) is 8.01. The number of nitrogens with zero attached hydrogens (tertiary/aromatic N) is 1. The van der Waals surface area contributed by atoms with Gasteiger partial charge in [-0.15, -0.1) is 0 Å². The van der Waals surface area contributed by atoms with Crippen molar-refractivity contribution in [3.63, 3.8) is 0 Å². The molecule has 2 nitrogen and oxygen atoms in total. The number of nitrogens with two attached hydrogens (primary N) is 1. The van der Waals surface area contributed by atoms with Gasteiger partial charge in [0.25, 0.3) is 0 Å². The van der Waals surface area contributed by atoms with Crippen molar-refractivity contribution in [3.8, 4) is 0 Å². The Morgan fingerprint density at radius 1 is 1.00 bits per heavy atom. The minimum atomic E-state index is 0.369. The van der Waals surface area contributed by atoms with Crippen molar-refractivity contribution in [2.24, 2.45) is 17.6 Å². The maximum Gasteiger partial charge on any atom is 0.00954 e. The van der Waals surface area contributed by atoms with E-state index < -0.39 is 0 Å². The van der Waals surface area contributed by atoms with E-state index in [1.807, 2.05) is 0 Å². The second-order valence-electron chi connectivity index (χ2n) is 7.30. The fraction of sp³-hybridized carbons (Fsp3) is 1.00. The fourth-order valence-corrected chi connectivity index (χ4v) is 3.39. The number of hydrogen-bond donors (Lipinski definition) is 1. The van der Waals surface area contributed by atoms with E-state index >= 15 is 0 Å². The van der Waals surface area contributed by atoms with Gasteiger partial charge < -0.3 is 5.73 Å². The molecule has 2 heteroatoms. The van der Waals surface area contributed by atoms with Gasteiger partial charge in [-0.25, -0.2) is 0 Å². The molecule has 0 amide bonds. The van der Waals surface area contributed by atoms with Crippen molar-refractivity contribution < 1.29 is 0 Å². The molecule has 19 heavy (non-hydrogen) atoms. The van der Waals surface area contributed by atoms with Crippen LogP contribution in [0.25, 0.3) is 0 Å². The Labute approximate surface area is 121 Å². The fourth-order valence-electron chi connectivity index (χ4n) is 3.39. The summed E-state index contributed by atoms with van der Waals surface area (Å²) in [6.07, 6.45) is 9.55. The predicted molar refractivity (Wildman–Crippen MR) is 85.3 cm³/mol. The molecule has 1 rings (SSSR count). The first kappa shape index (κ1) is 17.0. The van der Waals surface area contributed by atoms with E-state index in [2.05, 4.69) is 32.6 Å². The Bertz CT molecular complexity index is 219. The van der Waals surface area contributed by atoms with Gasteiger partial charge in [0.05, 0.1) is 0 Å². The molecule has 0 radical (unpaired) electrons. The van der Waals surface area contributed by atoms with Gasteiger partial charge in [0.15, 0.2) is 0 Å². The quantitative estimate of drug-likeness (QED) is 0.684. The van der Waals surface area contributed by atoms with Gasteiger partial charge >= 0.3 is 0 Å². The first-order valence-electron chi connectivity index (χ1n) is 8.48. The molecule has 0 aliphatic heterocycles. The lowest BCUT2D eigenvalue weighted by atomic mass is 10.00. The van der Waals surface area contributed by atoms with E-state index in [-0.39, 0.29) is 0 Å². The molecule has 0 aromatic carbocycles. The molecule has 114 valence electrons. The van der Waals surface area contributed by atoms with Gasteiger partial charge in [0.1, 0.15) is 0 Å². The first-order chi connectivity index (χ1) is 8.99. The summed E-state index contributed by atoms with van der Waals surface area (Å²) < 4.78 is 0. The third-order valence-electron chi connectivity index (χ3n) is 4.34. The average Bonchev–Trinajstić information content (AvgIpc) is 2.80. The SMILES string of the molecule is CC(C)CN(CC(C)CCCC(C)N)C1CCCC1. The zero-order chi connectivity index (χ0) is 14.3. The van der Waals surface area contributed by atoms with Crippen molar-refractivity contribution in [2.45, 2.75) is 84.7 Å². The molecular formula is C17H36N2. The first-order valence-corrected chi connectivity index (χ1v) is 8.48. The van der Waals surface area contributed by atoms with Gasteiger partial charge in [0, 0.05) is 25.2 Å². The van der Waals surface area contributed by atoms with Crippen LogP contribution in [0.5, 0.6) is 0 Å². The molecule has 0 heterocycles. The highest BCUT2D eigenvalue weighted by atomic mass is 15.2. The molecular weight excluding hydrogens is 232 g/mol. The Morgan fingerprint density at radius 2 is 1.63 bits per heavy atom. The van der Waals surface area contributed by atoms with E-state index in [0.717, 1.165) is 17.9 Å². The predicted octanol–water partition coefficient (Wildman–Crippen LogP) is 4.04. The molecule has 1 saturated carbocycles. The minimum Gasteiger partial charge on any atom is -0.328 e. The number of hydrogen-bond acceptors (Lipinski definition) is 2. The summed E-state index contributed by atoms with van der Waals surface area (Å²) in [5.74, 6) is 1.61. The Balaban J connectivity index is 2.33. The molecule has 0 bridgehead atoms. The van der Waals surface area contributed by atoms with Gasteiger partial charge in [-0.05, 0) is 44.4 Å². The number of rotatable bonds is 9. The second-order valence-corrected chi connectivity index (χ2v) is 7.30. The van der Waals surface area contributed by atoms with Crippen molar-refractivity contribution in [1.82, 2.24) is 4.90 Å². The molecule has 2 unspecified atom stereocenters. The van der Waals surface area contributed by atoms with Crippen LogP contribution in [-0.4, -0.2) is 30.1 Å². The average molecular weight is 268 g/mol. The van der Waals surface area contributed by atoms with Crippen LogP contribution in [0.4, 0.5) is 0 Å². The molecule has 2 N–H and O–H groups in total. The summed E-state index contributed by atoms with van der Waals surface area (Å²) in [5.41, 5.74) is 5.83. The Hall–Kier alpha value is -0.0800. The second kappa shape index (κ2) is 8.97. The summed E-state index contributed by atoms with van der Waals surface area (Å²) in [6.45, 7) is 11.8. The lowest BCUT2D eigenvalue weighted by Crippen LogP contribution is -2.39. The van der Waals surface area contributed by atoms with Crippen LogP contribution in [0.15, 0.2) is 0 Å². The third kappa shape index (κ3) is 7.31. The third-order valence-corrected chi connectivity index (χ3v) is 4.34. The zero-order valence-electron chi connectivity index (χ0n) is 13.7. The van der Waals surface area contributed by atoms with E-state index in [9.17, 15) is 0 Å². The van der Waals surface area contributed by atoms with Gasteiger partial charge in [-0.1, -0.05) is 40.0 Å². The normalized spacial score (nSPS) is 20.4. The van der Waals surface area contributed by atoms with Crippen LogP contribution < -0.4 is 5.73 Å². The van der Waals surface area contributed by atoms with Crippen LogP contribution in [-0.2, 0) is 0 Å². The van der Waals surface area contributed by atoms with Crippen LogP contribution in [0.3, 0.4) is 0 Å². The summed E-state index contributed by atoms with van der Waals surface area (Å²) in [5, 5.41) is 0. The van der Waals surface area contributed by atoms with Crippen LogP contribution in [0.2, 0.25) is 0 Å². The van der Waals surface area contributed by atoms with Gasteiger partial charge in [-0.3, -0.25) is 4.90 Å². The van der Waals surface area contributed by atoms with Gasteiger partial charge in [0.2, 0.25) is 0 Å². The standard InChI is InChI=1S/C17H36N2/c1-14(2)12-19(17-10-5-6-11-17)13-15(3)8-7-9-16(4)18/h14-17H,5-13,18H2,1-4H3. The lowest BCUT2D eigenvalue weighted by molar-refractivity contribution is 0.150. The summed E-state index contributed by atoms with van der Waals surface area (Å²) in [6, 6.07) is 1.24. The highest BCUT2D eigenvalue weighted by molar-refractivity contribution is 4.79. The Morgan fingerprint density at radius 3 is 2.16 bits per heavy atom. The van der Waals surface area contributed by atoms with Crippen molar-refractivity contribution in [2.75, 3.05) is 13.1 Å². The maximum absolute atomic E-state index is 5.83. The van der Waals surface area contributed by atoms with E-state index in [1.54, 1.807) is 0 Å². The monoisotopic (exact) mass is 268 g/mol. The molecule has 0 aromatic heterocycles. The maximum atomic E-state index is 5.83. The largest absolute Gasteiger partial charge is 0.328 e. The van der Waals surface area contributed by atoms with Crippen molar-refractivity contribution in [1.29, 1.82) is 0 Å². The molecule has 0 saturated heterocycles. The molecule has 0 aromatic rings. The van der Waals surface area contributed by atoms with Gasteiger partial charge in [-0.2, -0.15) is 0 Å². The summed E-state index contributed by atoms with van der Waals surface area (Å²) in [4.78, 5) is 2.79. The van der Waals surface area contributed by atoms with E-state index in [4.69, 9.17) is 5.73 Å². The molecule has 1 aliphatic carbocycles. The molecule has 2 atom stereocenters. The van der Waals surface area contributed by atoms with E-state index in [1.165, 1.54) is 58.0 Å². The highest BCUT2D eigenvalue weighted by Gasteiger charge is 2.24. The molecule has 0 spiro atoms. The van der Waals surface area contributed by atoms with Crippen molar-refractivity contribution in [3.05, 3.63) is 0 Å². The van der Waals surface area contributed by atoms with Crippen molar-refractivity contribution >= 4 is 0 Å². The highest BCUT2D eigenvalue weighted by Crippen LogP contribution is 2.25. The zero-order valence-corrected chi connectivity index (χ0v) is 13.7. The summed E-state index contributed by atoms with van der Waals surface area (Å²) >= 11 is 0. The topological polar surface area (TPSA) is 29.3 Å². The van der Waals surface area contributed by atoms with Crippen LogP contribution in [0, 0.1) is 11.8 Å². The summed E-state index contributed by atoms with van der Waals surface area (Å²) in [7, 11) is 0. The van der Waals surface area contributed by atoms with E-state index in [0.29, 0.717) is 6.04 Å². The minimum absolute atomic E-state index is 0.369. The van der Waals surface area contributed by atoms with Crippen LogP contribution in [0.1, 0.15) is 72.6 Å². The molecule has 1 aliphatic rings. The lowest BCUT2D eigenvalue weighted by Gasteiger charge is -2.32. The smallest absolute Gasteiger partial charge is 0.00954 e.